The molecule has 4 rings (SSSR count). The molecule has 1 aliphatic heterocycles. The Kier molecular flexibility index (Phi) is 8.84. The van der Waals surface area contributed by atoms with Crippen molar-refractivity contribution in [2.24, 2.45) is 0 Å². The standard InChI is InChI=1S/C25H29ClF2N5O3P/c1-33-8-7-15-10-21(34-2)20(9-16(15)13-33)31-25-29-12-18(26)24(32-25)30-19-6-5-17(35-14-23(27)28)11-22(19)36-37(3)4/h5-6,9-12,23H,7-8,13-14H2,1-4H3,(H2,29,30,31,32). The molecule has 37 heavy (non-hydrogen) atoms. The summed E-state index contributed by atoms with van der Waals surface area (Å²) in [5.74, 6) is 2.08. The van der Waals surface area contributed by atoms with E-state index < -0.39 is 21.2 Å². The van der Waals surface area contributed by atoms with Crippen molar-refractivity contribution in [3.8, 4) is 17.2 Å². The Balaban J connectivity index is 1.59. The van der Waals surface area contributed by atoms with Gasteiger partial charge in [-0.1, -0.05) is 11.6 Å². The van der Waals surface area contributed by atoms with E-state index in [-0.39, 0.29) is 5.75 Å². The molecule has 3 aromatic rings. The van der Waals surface area contributed by atoms with Gasteiger partial charge in [-0.3, -0.25) is 0 Å². The molecule has 2 aromatic carbocycles. The largest absolute Gasteiger partial charge is 0.495 e. The predicted molar refractivity (Wildman–Crippen MR) is 144 cm³/mol. The number of likely N-dealkylation sites (N-methyl/N-ethyl adjacent to an activating group) is 1. The molecule has 0 unspecified atom stereocenters. The molecule has 1 aromatic heterocycles. The number of rotatable bonds is 10. The van der Waals surface area contributed by atoms with Crippen LogP contribution in [0.25, 0.3) is 0 Å². The summed E-state index contributed by atoms with van der Waals surface area (Å²) in [7, 11) is 2.92. The fourth-order valence-electron chi connectivity index (χ4n) is 3.88. The summed E-state index contributed by atoms with van der Waals surface area (Å²) in [6, 6.07) is 8.92. The maximum absolute atomic E-state index is 12.6. The molecule has 0 atom stereocenters. The molecule has 0 spiro atoms. The van der Waals surface area contributed by atoms with Crippen LogP contribution < -0.4 is 24.6 Å². The second-order valence-corrected chi connectivity index (χ2v) is 10.9. The van der Waals surface area contributed by atoms with Gasteiger partial charge in [-0.2, -0.15) is 4.98 Å². The number of aromatic nitrogens is 2. The Bertz CT molecular complexity index is 1250. The summed E-state index contributed by atoms with van der Waals surface area (Å²) in [5.41, 5.74) is 3.79. The SMILES string of the molecule is COc1cc2c(cc1Nc1ncc(Cl)c(Nc3ccc(OCC(F)F)cc3OP(C)C)n1)CN(C)CC2. The molecular weight excluding hydrogens is 523 g/mol. The van der Waals surface area contributed by atoms with Crippen molar-refractivity contribution in [1.29, 1.82) is 0 Å². The van der Waals surface area contributed by atoms with Gasteiger partial charge in [0.05, 0.1) is 32.8 Å². The number of alkyl halides is 2. The first-order valence-electron chi connectivity index (χ1n) is 11.6. The minimum atomic E-state index is -2.57. The molecule has 12 heteroatoms. The lowest BCUT2D eigenvalue weighted by Gasteiger charge is -2.26. The molecule has 1 aliphatic rings. The lowest BCUT2D eigenvalue weighted by Crippen LogP contribution is -2.26. The number of hydrogen-bond donors (Lipinski definition) is 2. The van der Waals surface area contributed by atoms with E-state index in [0.717, 1.165) is 25.2 Å². The number of halogens is 3. The predicted octanol–water partition coefficient (Wildman–Crippen LogP) is 6.29. The molecule has 2 N–H and O–H groups in total. The number of ether oxygens (including phenoxy) is 2. The minimum absolute atomic E-state index is 0.277. The van der Waals surface area contributed by atoms with Crippen LogP contribution in [0.5, 0.6) is 17.2 Å². The highest BCUT2D eigenvalue weighted by atomic mass is 35.5. The van der Waals surface area contributed by atoms with Gasteiger partial charge in [-0.25, -0.2) is 13.8 Å². The molecule has 0 saturated heterocycles. The number of nitrogens with one attached hydrogen (secondary N) is 2. The lowest BCUT2D eigenvalue weighted by molar-refractivity contribution is 0.0818. The Morgan fingerprint density at radius 3 is 2.65 bits per heavy atom. The summed E-state index contributed by atoms with van der Waals surface area (Å²) < 4.78 is 41.8. The average Bonchev–Trinajstić information content (AvgIpc) is 2.85. The van der Waals surface area contributed by atoms with E-state index in [0.29, 0.717) is 34.0 Å². The molecule has 198 valence electrons. The zero-order chi connectivity index (χ0) is 26.5. The number of fused-ring (bicyclic) bond motifs is 1. The Morgan fingerprint density at radius 2 is 1.92 bits per heavy atom. The highest BCUT2D eigenvalue weighted by Crippen LogP contribution is 2.40. The van der Waals surface area contributed by atoms with Gasteiger partial charge in [0.2, 0.25) is 5.95 Å². The molecule has 0 amide bonds. The number of anilines is 4. The summed E-state index contributed by atoms with van der Waals surface area (Å²) in [6.45, 7) is 5.00. The van der Waals surface area contributed by atoms with Crippen molar-refractivity contribution in [3.05, 3.63) is 52.7 Å². The van der Waals surface area contributed by atoms with Gasteiger partial charge < -0.3 is 29.5 Å². The van der Waals surface area contributed by atoms with Crippen LogP contribution in [0.4, 0.5) is 31.9 Å². The first-order valence-corrected chi connectivity index (χ1v) is 14.1. The van der Waals surface area contributed by atoms with Gasteiger partial charge in [0.25, 0.3) is 6.43 Å². The van der Waals surface area contributed by atoms with Gasteiger partial charge in [-0.05, 0) is 62.2 Å². The van der Waals surface area contributed by atoms with Crippen molar-refractivity contribution in [2.45, 2.75) is 19.4 Å². The molecule has 0 bridgehead atoms. The van der Waals surface area contributed by atoms with E-state index in [1.165, 1.54) is 17.3 Å². The molecular formula is C25H29ClF2N5O3P. The van der Waals surface area contributed by atoms with Crippen LogP contribution in [-0.2, 0) is 13.0 Å². The van der Waals surface area contributed by atoms with Gasteiger partial charge in [0.15, 0.2) is 5.82 Å². The van der Waals surface area contributed by atoms with E-state index in [4.69, 9.17) is 25.6 Å². The van der Waals surface area contributed by atoms with Crippen molar-refractivity contribution >= 4 is 42.9 Å². The quantitative estimate of drug-likeness (QED) is 0.284. The van der Waals surface area contributed by atoms with Crippen LogP contribution >= 0.6 is 19.7 Å². The molecule has 2 heterocycles. The summed E-state index contributed by atoms with van der Waals surface area (Å²) in [5, 5.41) is 6.71. The second-order valence-electron chi connectivity index (χ2n) is 8.71. The topological polar surface area (TPSA) is 80.8 Å². The minimum Gasteiger partial charge on any atom is -0.495 e. The van der Waals surface area contributed by atoms with Crippen LogP contribution in [0.3, 0.4) is 0 Å². The molecule has 0 radical (unpaired) electrons. The number of nitrogens with zero attached hydrogens (tertiary/aromatic N) is 3. The maximum atomic E-state index is 12.6. The molecule has 0 aliphatic carbocycles. The van der Waals surface area contributed by atoms with Gasteiger partial charge >= 0.3 is 0 Å². The monoisotopic (exact) mass is 551 g/mol. The van der Waals surface area contributed by atoms with Crippen LogP contribution in [0.15, 0.2) is 36.5 Å². The summed E-state index contributed by atoms with van der Waals surface area (Å²) in [6.07, 6.45) is -0.121. The smallest absolute Gasteiger partial charge is 0.272 e. The number of methoxy groups -OCH3 is 1. The van der Waals surface area contributed by atoms with E-state index in [1.54, 1.807) is 25.3 Å². The van der Waals surface area contributed by atoms with Crippen LogP contribution in [0.1, 0.15) is 11.1 Å². The first-order chi connectivity index (χ1) is 17.7. The second kappa shape index (κ2) is 12.1. The summed E-state index contributed by atoms with van der Waals surface area (Å²) >= 11 is 6.40. The fraction of sp³-hybridized carbons (Fsp3) is 0.360. The Labute approximate surface area is 221 Å². The third-order valence-corrected chi connectivity index (χ3v) is 6.42. The van der Waals surface area contributed by atoms with Gasteiger partial charge in [-0.15, -0.1) is 0 Å². The van der Waals surface area contributed by atoms with Gasteiger partial charge in [0, 0.05) is 19.2 Å². The van der Waals surface area contributed by atoms with Crippen molar-refractivity contribution < 1.29 is 22.8 Å². The zero-order valence-corrected chi connectivity index (χ0v) is 22.7. The molecule has 0 fully saturated rings. The van der Waals surface area contributed by atoms with E-state index in [1.807, 2.05) is 13.3 Å². The van der Waals surface area contributed by atoms with Crippen LogP contribution in [0.2, 0.25) is 5.02 Å². The Morgan fingerprint density at radius 1 is 1.11 bits per heavy atom. The van der Waals surface area contributed by atoms with E-state index >= 15 is 0 Å². The first kappa shape index (κ1) is 27.1. The normalized spacial score (nSPS) is 13.4. The van der Waals surface area contributed by atoms with Crippen LogP contribution in [0, 0.1) is 0 Å². The average molecular weight is 552 g/mol. The Hall–Kier alpha value is -2.94. The van der Waals surface area contributed by atoms with Crippen LogP contribution in [-0.4, -0.2) is 61.9 Å². The third kappa shape index (κ3) is 7.09. The van der Waals surface area contributed by atoms with E-state index in [9.17, 15) is 8.78 Å². The lowest BCUT2D eigenvalue weighted by atomic mass is 9.99. The zero-order valence-electron chi connectivity index (χ0n) is 21.0. The van der Waals surface area contributed by atoms with E-state index in [2.05, 4.69) is 44.7 Å². The fourth-order valence-corrected chi connectivity index (χ4v) is 4.57. The van der Waals surface area contributed by atoms with Crippen molar-refractivity contribution in [3.63, 3.8) is 0 Å². The third-order valence-electron chi connectivity index (χ3n) is 5.58. The molecule has 8 nitrogen and oxygen atoms in total. The van der Waals surface area contributed by atoms with Crippen molar-refractivity contribution in [1.82, 2.24) is 14.9 Å². The highest BCUT2D eigenvalue weighted by Gasteiger charge is 2.18. The summed E-state index contributed by atoms with van der Waals surface area (Å²) in [4.78, 5) is 11.1. The number of benzene rings is 2. The number of hydrogen-bond acceptors (Lipinski definition) is 8. The van der Waals surface area contributed by atoms with Gasteiger partial charge in [0.1, 0.15) is 28.9 Å². The maximum Gasteiger partial charge on any atom is 0.272 e. The highest BCUT2D eigenvalue weighted by molar-refractivity contribution is 7.51. The van der Waals surface area contributed by atoms with Crippen molar-refractivity contribution in [2.75, 3.05) is 51.3 Å². The molecule has 0 saturated carbocycles.